The van der Waals surface area contributed by atoms with Crippen molar-refractivity contribution in [1.82, 2.24) is 5.32 Å². The fourth-order valence-electron chi connectivity index (χ4n) is 2.72. The fraction of sp³-hybridized carbons (Fsp3) is 0.625. The zero-order valence-electron chi connectivity index (χ0n) is 12.6. The lowest BCUT2D eigenvalue weighted by molar-refractivity contribution is -0.133. The summed E-state index contributed by atoms with van der Waals surface area (Å²) in [5.74, 6) is -0.971. The van der Waals surface area contributed by atoms with Crippen LogP contribution in [0.3, 0.4) is 0 Å². The molecule has 0 saturated carbocycles. The maximum absolute atomic E-state index is 12.5. The Bertz CT molecular complexity index is 425. The number of rotatable bonds is 7. The van der Waals surface area contributed by atoms with Crippen LogP contribution in [0.15, 0.2) is 24.0 Å². The number of hydrogen-bond acceptors (Lipinski definition) is 3. The first-order chi connectivity index (χ1) is 9.45. The van der Waals surface area contributed by atoms with Crippen molar-refractivity contribution in [2.75, 3.05) is 0 Å². The molecule has 1 rings (SSSR count). The van der Waals surface area contributed by atoms with Crippen molar-refractivity contribution in [1.29, 1.82) is 0 Å². The lowest BCUT2D eigenvalue weighted by Crippen LogP contribution is -2.33. The molecular formula is C16H25NO3. The Morgan fingerprint density at radius 1 is 1.35 bits per heavy atom. The number of unbranched alkanes of at least 4 members (excludes halogenated alkanes) is 1. The lowest BCUT2D eigenvalue weighted by Gasteiger charge is -2.32. The molecule has 0 saturated heterocycles. The van der Waals surface area contributed by atoms with Crippen LogP contribution in [-0.4, -0.2) is 16.9 Å². The molecule has 1 aliphatic rings. The van der Waals surface area contributed by atoms with Crippen molar-refractivity contribution in [3.63, 3.8) is 0 Å². The number of allylic oxidation sites excluding steroid dienone is 2. The Morgan fingerprint density at radius 2 is 2.05 bits per heavy atom. The SMILES string of the molecule is CCCCC(CCC)C1(C)C=CNC(C(=O)O)=CC1=O. The van der Waals surface area contributed by atoms with Gasteiger partial charge in [-0.25, -0.2) is 4.79 Å². The van der Waals surface area contributed by atoms with E-state index in [4.69, 9.17) is 5.11 Å². The summed E-state index contributed by atoms with van der Waals surface area (Å²) >= 11 is 0. The van der Waals surface area contributed by atoms with E-state index in [9.17, 15) is 9.59 Å². The van der Waals surface area contributed by atoms with Crippen LogP contribution in [0.2, 0.25) is 0 Å². The van der Waals surface area contributed by atoms with Crippen LogP contribution in [-0.2, 0) is 9.59 Å². The normalized spacial score (nSPS) is 23.8. The van der Waals surface area contributed by atoms with Gasteiger partial charge in [-0.2, -0.15) is 0 Å². The highest BCUT2D eigenvalue weighted by atomic mass is 16.4. The van der Waals surface area contributed by atoms with Crippen molar-refractivity contribution in [2.24, 2.45) is 11.3 Å². The topological polar surface area (TPSA) is 66.4 Å². The summed E-state index contributed by atoms with van der Waals surface area (Å²) in [6, 6.07) is 0. The van der Waals surface area contributed by atoms with Gasteiger partial charge in [-0.05, 0) is 31.9 Å². The minimum atomic E-state index is -1.10. The summed E-state index contributed by atoms with van der Waals surface area (Å²) in [6.07, 6.45) is 9.84. The van der Waals surface area contributed by atoms with E-state index in [1.165, 1.54) is 6.08 Å². The summed E-state index contributed by atoms with van der Waals surface area (Å²) in [5, 5.41) is 11.7. The van der Waals surface area contributed by atoms with E-state index in [1.54, 1.807) is 6.20 Å². The largest absolute Gasteiger partial charge is 0.477 e. The predicted molar refractivity (Wildman–Crippen MR) is 79.0 cm³/mol. The molecule has 0 bridgehead atoms. The first kappa shape index (κ1) is 16.5. The Labute approximate surface area is 120 Å². The van der Waals surface area contributed by atoms with Crippen LogP contribution < -0.4 is 5.32 Å². The molecule has 0 aromatic heterocycles. The molecule has 20 heavy (non-hydrogen) atoms. The van der Waals surface area contributed by atoms with Crippen LogP contribution in [0.4, 0.5) is 0 Å². The number of nitrogens with one attached hydrogen (secondary N) is 1. The molecule has 1 heterocycles. The van der Waals surface area contributed by atoms with Gasteiger partial charge < -0.3 is 10.4 Å². The standard InChI is InChI=1S/C16H25NO3/c1-4-6-8-12(7-5-2)16(3)9-10-17-13(15(19)20)11-14(16)18/h9-12,17H,4-8H2,1-3H3,(H,19,20). The number of carbonyl (C=O) groups is 2. The van der Waals surface area contributed by atoms with Crippen LogP contribution >= 0.6 is 0 Å². The summed E-state index contributed by atoms with van der Waals surface area (Å²) in [4.78, 5) is 23.5. The second kappa shape index (κ2) is 7.27. The molecule has 2 N–H and O–H groups in total. The quantitative estimate of drug-likeness (QED) is 0.750. The highest BCUT2D eigenvalue weighted by Crippen LogP contribution is 2.38. The Hall–Kier alpha value is -1.58. The van der Waals surface area contributed by atoms with E-state index in [0.717, 1.165) is 32.1 Å². The predicted octanol–water partition coefficient (Wildman–Crippen LogP) is 3.25. The number of ketones is 1. The number of carboxylic acids is 1. The molecule has 0 spiro atoms. The molecule has 4 nitrogen and oxygen atoms in total. The summed E-state index contributed by atoms with van der Waals surface area (Å²) < 4.78 is 0. The van der Waals surface area contributed by atoms with Crippen molar-refractivity contribution >= 4 is 11.8 Å². The summed E-state index contributed by atoms with van der Waals surface area (Å²) in [7, 11) is 0. The van der Waals surface area contributed by atoms with Crippen LogP contribution in [0, 0.1) is 11.3 Å². The van der Waals surface area contributed by atoms with E-state index in [0.29, 0.717) is 0 Å². The minimum absolute atomic E-state index is 0.0549. The van der Waals surface area contributed by atoms with Crippen LogP contribution in [0.5, 0.6) is 0 Å². The number of carboxylic acid groups (broad SMARTS) is 1. The molecule has 0 radical (unpaired) electrons. The second-order valence-corrected chi connectivity index (χ2v) is 5.62. The van der Waals surface area contributed by atoms with Gasteiger partial charge in [0, 0.05) is 6.08 Å². The number of carbonyl (C=O) groups excluding carboxylic acids is 1. The maximum Gasteiger partial charge on any atom is 0.352 e. The average molecular weight is 279 g/mol. The number of hydrogen-bond donors (Lipinski definition) is 2. The Morgan fingerprint density at radius 3 is 2.60 bits per heavy atom. The highest BCUT2D eigenvalue weighted by molar-refractivity contribution is 6.02. The summed E-state index contributed by atoms with van der Waals surface area (Å²) in [5.41, 5.74) is -0.671. The van der Waals surface area contributed by atoms with E-state index < -0.39 is 11.4 Å². The number of aliphatic carboxylic acids is 1. The van der Waals surface area contributed by atoms with Gasteiger partial charge in [-0.1, -0.05) is 39.2 Å². The molecule has 0 aromatic rings. The Balaban J connectivity index is 3.04. The smallest absolute Gasteiger partial charge is 0.352 e. The third-order valence-electron chi connectivity index (χ3n) is 4.10. The first-order valence-electron chi connectivity index (χ1n) is 7.39. The van der Waals surface area contributed by atoms with Gasteiger partial charge in [0.05, 0.1) is 5.41 Å². The van der Waals surface area contributed by atoms with E-state index in [1.807, 2.05) is 13.0 Å². The van der Waals surface area contributed by atoms with Crippen molar-refractivity contribution in [2.45, 2.75) is 52.9 Å². The van der Waals surface area contributed by atoms with E-state index in [-0.39, 0.29) is 17.4 Å². The average Bonchev–Trinajstić information content (AvgIpc) is 2.55. The zero-order valence-corrected chi connectivity index (χ0v) is 12.6. The molecule has 0 amide bonds. The highest BCUT2D eigenvalue weighted by Gasteiger charge is 2.38. The van der Waals surface area contributed by atoms with E-state index in [2.05, 4.69) is 19.2 Å². The Kier molecular flexibility index (Phi) is 5.99. The molecule has 112 valence electrons. The molecule has 1 aliphatic heterocycles. The van der Waals surface area contributed by atoms with Gasteiger partial charge >= 0.3 is 5.97 Å². The summed E-state index contributed by atoms with van der Waals surface area (Å²) in [6.45, 7) is 6.18. The second-order valence-electron chi connectivity index (χ2n) is 5.62. The molecule has 0 aliphatic carbocycles. The fourth-order valence-corrected chi connectivity index (χ4v) is 2.72. The molecule has 0 fully saturated rings. The first-order valence-corrected chi connectivity index (χ1v) is 7.39. The van der Waals surface area contributed by atoms with Crippen LogP contribution in [0.1, 0.15) is 52.9 Å². The minimum Gasteiger partial charge on any atom is -0.477 e. The van der Waals surface area contributed by atoms with E-state index >= 15 is 0 Å². The van der Waals surface area contributed by atoms with Crippen LogP contribution in [0.25, 0.3) is 0 Å². The van der Waals surface area contributed by atoms with Gasteiger partial charge in [0.25, 0.3) is 0 Å². The molecule has 4 heteroatoms. The zero-order chi connectivity index (χ0) is 15.2. The van der Waals surface area contributed by atoms with Gasteiger partial charge in [0.2, 0.25) is 0 Å². The van der Waals surface area contributed by atoms with Gasteiger partial charge in [0.15, 0.2) is 5.78 Å². The maximum atomic E-state index is 12.5. The van der Waals surface area contributed by atoms with Crippen molar-refractivity contribution in [3.05, 3.63) is 24.0 Å². The molecule has 0 aromatic carbocycles. The third-order valence-corrected chi connectivity index (χ3v) is 4.10. The third kappa shape index (κ3) is 3.71. The monoisotopic (exact) mass is 279 g/mol. The van der Waals surface area contributed by atoms with Gasteiger partial charge in [-0.3, -0.25) is 4.79 Å². The van der Waals surface area contributed by atoms with Crippen molar-refractivity contribution in [3.8, 4) is 0 Å². The van der Waals surface area contributed by atoms with Gasteiger partial charge in [-0.15, -0.1) is 0 Å². The van der Waals surface area contributed by atoms with Gasteiger partial charge in [0.1, 0.15) is 5.70 Å². The van der Waals surface area contributed by atoms with Crippen molar-refractivity contribution < 1.29 is 14.7 Å². The molecule has 2 unspecified atom stereocenters. The molecule has 2 atom stereocenters. The lowest BCUT2D eigenvalue weighted by atomic mass is 9.69. The molecular weight excluding hydrogens is 254 g/mol.